The number of nitrogens with two attached hydrogens (primary N) is 2. The van der Waals surface area contributed by atoms with E-state index in [0.29, 0.717) is 11.3 Å². The van der Waals surface area contributed by atoms with Crippen LogP contribution in [0.2, 0.25) is 0 Å². The number of esters is 1. The smallest absolute Gasteiger partial charge is 0.340 e. The standard InChI is InChI=1S/C14H22N2O2.C4H6O6/c1-5-11(15)9-6-7-10(12(16)8-9)13(17)18-14(2,3)4;5-1(3(7)8)2(6)4(9)10/h6-8,11H,5,15-16H2,1-4H3;1-2,5-6H,(H,7,8)(H,9,10)/t11-;/m1./s1. The van der Waals surface area contributed by atoms with E-state index in [9.17, 15) is 14.4 Å². The molecular formula is C18H28N2O8. The maximum Gasteiger partial charge on any atom is 0.340 e. The number of aliphatic hydroxyl groups excluding tert-OH is 2. The molecule has 0 bridgehead atoms. The predicted octanol–water partition coefficient (Wildman–Crippen LogP) is 0.511. The molecule has 0 aliphatic heterocycles. The Kier molecular flexibility index (Phi) is 9.58. The van der Waals surface area contributed by atoms with E-state index >= 15 is 0 Å². The van der Waals surface area contributed by atoms with E-state index in [4.69, 9.17) is 36.6 Å². The molecule has 10 nitrogen and oxygen atoms in total. The summed E-state index contributed by atoms with van der Waals surface area (Å²) in [6, 6.07) is 5.19. The molecule has 10 heteroatoms. The van der Waals surface area contributed by atoms with Crippen molar-refractivity contribution in [3.05, 3.63) is 29.3 Å². The van der Waals surface area contributed by atoms with Crippen molar-refractivity contribution >= 4 is 23.6 Å². The first-order valence-electron chi connectivity index (χ1n) is 8.41. The van der Waals surface area contributed by atoms with Crippen molar-refractivity contribution < 1.29 is 39.5 Å². The molecule has 0 radical (unpaired) electrons. The van der Waals surface area contributed by atoms with Crippen LogP contribution >= 0.6 is 0 Å². The van der Waals surface area contributed by atoms with Crippen molar-refractivity contribution in [1.29, 1.82) is 0 Å². The Morgan fingerprint density at radius 2 is 1.54 bits per heavy atom. The fourth-order valence-electron chi connectivity index (χ4n) is 1.84. The highest BCUT2D eigenvalue weighted by atomic mass is 16.6. The first kappa shape index (κ1) is 25.3. The van der Waals surface area contributed by atoms with E-state index in [1.165, 1.54) is 0 Å². The number of nitrogen functional groups attached to an aromatic ring is 1. The van der Waals surface area contributed by atoms with Crippen molar-refractivity contribution in [2.45, 2.75) is 58.0 Å². The fourth-order valence-corrected chi connectivity index (χ4v) is 1.84. The van der Waals surface area contributed by atoms with Gasteiger partial charge in [-0.3, -0.25) is 0 Å². The summed E-state index contributed by atoms with van der Waals surface area (Å²) in [6.07, 6.45) is -3.71. The molecule has 0 saturated heterocycles. The fraction of sp³-hybridized carbons (Fsp3) is 0.500. The largest absolute Gasteiger partial charge is 0.479 e. The molecular weight excluding hydrogens is 372 g/mol. The summed E-state index contributed by atoms with van der Waals surface area (Å²) in [4.78, 5) is 31.4. The van der Waals surface area contributed by atoms with Crippen LogP contribution in [0.1, 0.15) is 56.1 Å². The molecule has 0 saturated carbocycles. The van der Waals surface area contributed by atoms with Gasteiger partial charge in [-0.25, -0.2) is 14.4 Å². The maximum absolute atomic E-state index is 11.9. The maximum atomic E-state index is 11.9. The van der Waals surface area contributed by atoms with Gasteiger partial charge in [-0.15, -0.1) is 0 Å². The summed E-state index contributed by atoms with van der Waals surface area (Å²) in [7, 11) is 0. The Hall–Kier alpha value is -2.69. The summed E-state index contributed by atoms with van der Waals surface area (Å²) >= 11 is 0. The molecule has 8 N–H and O–H groups in total. The number of aliphatic hydroxyl groups is 2. The Morgan fingerprint density at radius 1 is 1.07 bits per heavy atom. The van der Waals surface area contributed by atoms with Crippen molar-refractivity contribution in [2.24, 2.45) is 5.73 Å². The molecule has 1 rings (SSSR count). The van der Waals surface area contributed by atoms with Gasteiger partial charge in [-0.1, -0.05) is 13.0 Å². The van der Waals surface area contributed by atoms with Crippen LogP contribution in [0, 0.1) is 0 Å². The Labute approximate surface area is 162 Å². The first-order valence-corrected chi connectivity index (χ1v) is 8.41. The lowest BCUT2D eigenvalue weighted by Gasteiger charge is -2.20. The van der Waals surface area contributed by atoms with Crippen LogP contribution in [0.3, 0.4) is 0 Å². The molecule has 1 aromatic rings. The van der Waals surface area contributed by atoms with Crippen LogP contribution in [-0.2, 0) is 14.3 Å². The number of anilines is 1. The van der Waals surface area contributed by atoms with E-state index in [1.807, 2.05) is 33.8 Å². The van der Waals surface area contributed by atoms with Crippen molar-refractivity contribution in [3.8, 4) is 0 Å². The molecule has 0 aliphatic carbocycles. The monoisotopic (exact) mass is 400 g/mol. The molecule has 2 unspecified atom stereocenters. The summed E-state index contributed by atoms with van der Waals surface area (Å²) < 4.78 is 5.28. The molecule has 0 fully saturated rings. The van der Waals surface area contributed by atoms with Crippen LogP contribution in [0.5, 0.6) is 0 Å². The molecule has 0 aliphatic rings. The van der Waals surface area contributed by atoms with Crippen LogP contribution in [0.4, 0.5) is 5.69 Å². The van der Waals surface area contributed by atoms with Crippen LogP contribution in [-0.4, -0.2) is 56.1 Å². The van der Waals surface area contributed by atoms with Gasteiger partial charge in [0, 0.05) is 11.7 Å². The van der Waals surface area contributed by atoms with Crippen molar-refractivity contribution in [2.75, 3.05) is 5.73 Å². The molecule has 1 aromatic carbocycles. The van der Waals surface area contributed by atoms with Crippen LogP contribution in [0.15, 0.2) is 18.2 Å². The molecule has 158 valence electrons. The normalized spacial score (nSPS) is 14.1. The molecule has 28 heavy (non-hydrogen) atoms. The van der Waals surface area contributed by atoms with Gasteiger partial charge in [0.05, 0.1) is 5.56 Å². The predicted molar refractivity (Wildman–Crippen MR) is 101 cm³/mol. The number of hydrogen-bond acceptors (Lipinski definition) is 8. The Bertz CT molecular complexity index is 681. The highest BCUT2D eigenvalue weighted by Crippen LogP contribution is 2.22. The third kappa shape index (κ3) is 8.33. The van der Waals surface area contributed by atoms with E-state index in [2.05, 4.69) is 0 Å². The number of carbonyl (C=O) groups excluding carboxylic acids is 1. The number of hydrogen-bond donors (Lipinski definition) is 6. The van der Waals surface area contributed by atoms with E-state index < -0.39 is 35.7 Å². The van der Waals surface area contributed by atoms with Gasteiger partial charge in [-0.2, -0.15) is 0 Å². The molecule has 0 spiro atoms. The average Bonchev–Trinajstić information content (AvgIpc) is 2.58. The van der Waals surface area contributed by atoms with Crippen molar-refractivity contribution in [3.63, 3.8) is 0 Å². The van der Waals surface area contributed by atoms with Gasteiger partial charge in [0.2, 0.25) is 0 Å². The number of carboxylic acids is 2. The molecule has 0 heterocycles. The summed E-state index contributed by atoms with van der Waals surface area (Å²) in [6.45, 7) is 7.47. The lowest BCUT2D eigenvalue weighted by atomic mass is 10.0. The second-order valence-electron chi connectivity index (χ2n) is 6.93. The quantitative estimate of drug-likeness (QED) is 0.289. The van der Waals surface area contributed by atoms with Crippen LogP contribution in [0.25, 0.3) is 0 Å². The van der Waals surface area contributed by atoms with E-state index in [-0.39, 0.29) is 6.04 Å². The van der Waals surface area contributed by atoms with Gasteiger partial charge < -0.3 is 36.6 Å². The summed E-state index contributed by atoms with van der Waals surface area (Å²) in [5.41, 5.74) is 13.0. The first-order chi connectivity index (χ1) is 12.7. The van der Waals surface area contributed by atoms with Gasteiger partial charge in [-0.05, 0) is 44.9 Å². The lowest BCUT2D eigenvalue weighted by molar-refractivity contribution is -0.165. The third-order valence-corrected chi connectivity index (χ3v) is 3.37. The zero-order valence-electron chi connectivity index (χ0n) is 16.2. The van der Waals surface area contributed by atoms with Gasteiger partial charge in [0.1, 0.15) is 5.60 Å². The lowest BCUT2D eigenvalue weighted by Crippen LogP contribution is -2.39. The number of benzene rings is 1. The average molecular weight is 400 g/mol. The van der Waals surface area contributed by atoms with Crippen molar-refractivity contribution in [1.82, 2.24) is 0 Å². The summed E-state index contributed by atoms with van der Waals surface area (Å²) in [5.74, 6) is -3.94. The Morgan fingerprint density at radius 3 is 1.86 bits per heavy atom. The van der Waals surface area contributed by atoms with E-state index in [1.54, 1.807) is 12.1 Å². The number of carboxylic acid groups (broad SMARTS) is 2. The number of aliphatic carboxylic acids is 2. The van der Waals surface area contributed by atoms with Crippen LogP contribution < -0.4 is 11.5 Å². The zero-order chi connectivity index (χ0) is 22.2. The van der Waals surface area contributed by atoms with Gasteiger partial charge in [0.25, 0.3) is 0 Å². The number of rotatable bonds is 6. The number of carbonyl (C=O) groups is 3. The summed E-state index contributed by atoms with van der Waals surface area (Å²) in [5, 5.41) is 32.5. The topological polar surface area (TPSA) is 193 Å². The minimum absolute atomic E-state index is 0.0556. The van der Waals surface area contributed by atoms with E-state index in [0.717, 1.165) is 12.0 Å². The highest BCUT2D eigenvalue weighted by Gasteiger charge is 2.29. The second kappa shape index (κ2) is 10.6. The zero-order valence-corrected chi connectivity index (χ0v) is 16.2. The van der Waals surface area contributed by atoms with Gasteiger partial charge >= 0.3 is 17.9 Å². The molecule has 0 amide bonds. The Balaban J connectivity index is 0.000000621. The third-order valence-electron chi connectivity index (χ3n) is 3.37. The molecule has 0 aromatic heterocycles. The SMILES string of the molecule is CC[C@@H](N)c1ccc(C(=O)OC(C)(C)C)c(N)c1.O=C(O)C(O)C(O)C(=O)O. The second-order valence-corrected chi connectivity index (χ2v) is 6.93. The number of ether oxygens (including phenoxy) is 1. The van der Waals surface area contributed by atoms with Gasteiger partial charge in [0.15, 0.2) is 12.2 Å². The molecule has 3 atom stereocenters. The minimum Gasteiger partial charge on any atom is -0.479 e. The highest BCUT2D eigenvalue weighted by molar-refractivity contribution is 5.95. The minimum atomic E-state index is -2.27.